The second-order valence-corrected chi connectivity index (χ2v) is 4.64. The Bertz CT molecular complexity index is 173. The van der Waals surface area contributed by atoms with Crippen LogP contribution in [0, 0.1) is 5.92 Å². The van der Waals surface area contributed by atoms with Crippen LogP contribution in [0.5, 0.6) is 0 Å². The van der Waals surface area contributed by atoms with Gasteiger partial charge in [-0.2, -0.15) is 0 Å². The summed E-state index contributed by atoms with van der Waals surface area (Å²) in [7, 11) is 1.35. The SMILES string of the molecule is COC(=O)C(Br)COCCOCC(C)C. The van der Waals surface area contributed by atoms with Crippen LogP contribution in [-0.4, -0.2) is 44.3 Å². The summed E-state index contributed by atoms with van der Waals surface area (Å²) in [4.78, 5) is 10.5. The fourth-order valence-electron chi connectivity index (χ4n) is 0.820. The molecule has 1 unspecified atom stereocenters. The van der Waals surface area contributed by atoms with Crippen LogP contribution in [-0.2, 0) is 19.0 Å². The van der Waals surface area contributed by atoms with E-state index >= 15 is 0 Å². The van der Waals surface area contributed by atoms with Crippen molar-refractivity contribution in [2.24, 2.45) is 5.92 Å². The van der Waals surface area contributed by atoms with E-state index in [2.05, 4.69) is 34.5 Å². The van der Waals surface area contributed by atoms with Gasteiger partial charge < -0.3 is 14.2 Å². The van der Waals surface area contributed by atoms with Gasteiger partial charge in [0.1, 0.15) is 4.83 Å². The fraction of sp³-hybridized carbons (Fsp3) is 0.900. The average molecular weight is 283 g/mol. The molecule has 0 spiro atoms. The molecule has 0 heterocycles. The number of rotatable bonds is 8. The normalized spacial score (nSPS) is 12.9. The van der Waals surface area contributed by atoms with Gasteiger partial charge in [-0.05, 0) is 5.92 Å². The van der Waals surface area contributed by atoms with Gasteiger partial charge in [0.05, 0.1) is 26.9 Å². The smallest absolute Gasteiger partial charge is 0.321 e. The molecule has 0 N–H and O–H groups in total. The quantitative estimate of drug-likeness (QED) is 0.386. The number of carbonyl (C=O) groups excluding carboxylic acids is 1. The maximum absolute atomic E-state index is 10.9. The lowest BCUT2D eigenvalue weighted by Crippen LogP contribution is -2.22. The van der Waals surface area contributed by atoms with Gasteiger partial charge >= 0.3 is 5.97 Å². The van der Waals surface area contributed by atoms with Crippen LogP contribution in [0.2, 0.25) is 0 Å². The Labute approximate surface area is 99.4 Å². The summed E-state index contributed by atoms with van der Waals surface area (Å²) in [5, 5.41) is 0. The number of alkyl halides is 1. The minimum Gasteiger partial charge on any atom is -0.468 e. The zero-order valence-electron chi connectivity index (χ0n) is 9.49. The first-order valence-electron chi connectivity index (χ1n) is 4.95. The molecule has 0 aromatic heterocycles. The molecular weight excluding hydrogens is 264 g/mol. The van der Waals surface area contributed by atoms with E-state index in [9.17, 15) is 4.79 Å². The summed E-state index contributed by atoms with van der Waals surface area (Å²) in [5.74, 6) is 0.210. The maximum atomic E-state index is 10.9. The number of halogens is 1. The summed E-state index contributed by atoms with van der Waals surface area (Å²) in [6.07, 6.45) is 0. The Hall–Kier alpha value is -0.130. The van der Waals surface area contributed by atoms with Crippen LogP contribution in [0.15, 0.2) is 0 Å². The lowest BCUT2D eigenvalue weighted by molar-refractivity contribution is -0.141. The van der Waals surface area contributed by atoms with Gasteiger partial charge in [-0.25, -0.2) is 0 Å². The molecule has 0 bridgehead atoms. The first-order chi connectivity index (χ1) is 7.07. The molecule has 1 atom stereocenters. The second kappa shape index (κ2) is 9.12. The number of hydrogen-bond donors (Lipinski definition) is 0. The minimum absolute atomic E-state index is 0.303. The number of carbonyl (C=O) groups is 1. The van der Waals surface area contributed by atoms with E-state index in [1.807, 2.05) is 0 Å². The summed E-state index contributed by atoms with van der Waals surface area (Å²) in [6.45, 7) is 6.26. The second-order valence-electron chi connectivity index (χ2n) is 3.53. The van der Waals surface area contributed by atoms with Crippen LogP contribution < -0.4 is 0 Å². The van der Waals surface area contributed by atoms with Crippen molar-refractivity contribution >= 4 is 21.9 Å². The van der Waals surface area contributed by atoms with Crippen LogP contribution in [0.3, 0.4) is 0 Å². The molecule has 5 heteroatoms. The molecule has 0 fully saturated rings. The molecule has 0 aromatic rings. The molecule has 0 aromatic carbocycles. The third-order valence-electron chi connectivity index (χ3n) is 1.54. The molecular formula is C10H19BrO4. The number of esters is 1. The van der Waals surface area contributed by atoms with Crippen LogP contribution in [0.4, 0.5) is 0 Å². The highest BCUT2D eigenvalue weighted by molar-refractivity contribution is 9.10. The summed E-state index contributed by atoms with van der Waals surface area (Å²) >= 11 is 3.16. The van der Waals surface area contributed by atoms with Crippen molar-refractivity contribution in [1.29, 1.82) is 0 Å². The molecule has 0 amide bonds. The zero-order chi connectivity index (χ0) is 11.7. The van der Waals surface area contributed by atoms with E-state index < -0.39 is 4.83 Å². The summed E-state index contributed by atoms with van der Waals surface area (Å²) in [6, 6.07) is 0. The zero-order valence-corrected chi connectivity index (χ0v) is 11.1. The Morgan fingerprint density at radius 2 is 1.73 bits per heavy atom. The van der Waals surface area contributed by atoms with E-state index in [-0.39, 0.29) is 5.97 Å². The van der Waals surface area contributed by atoms with E-state index in [0.717, 1.165) is 6.61 Å². The molecule has 0 aliphatic rings. The molecule has 0 saturated carbocycles. The van der Waals surface area contributed by atoms with Crippen molar-refractivity contribution in [3.63, 3.8) is 0 Å². The molecule has 15 heavy (non-hydrogen) atoms. The highest BCUT2D eigenvalue weighted by atomic mass is 79.9. The van der Waals surface area contributed by atoms with Crippen molar-refractivity contribution in [2.75, 3.05) is 33.5 Å². The molecule has 0 aliphatic heterocycles. The van der Waals surface area contributed by atoms with E-state index in [1.54, 1.807) is 0 Å². The third kappa shape index (κ3) is 8.84. The monoisotopic (exact) mass is 282 g/mol. The van der Waals surface area contributed by atoms with Crippen molar-refractivity contribution in [2.45, 2.75) is 18.7 Å². The molecule has 0 saturated heterocycles. The Morgan fingerprint density at radius 3 is 2.20 bits per heavy atom. The Balaban J connectivity index is 3.27. The number of hydrogen-bond acceptors (Lipinski definition) is 4. The first-order valence-corrected chi connectivity index (χ1v) is 5.86. The highest BCUT2D eigenvalue weighted by Crippen LogP contribution is 2.02. The standard InChI is InChI=1S/C10H19BrO4/c1-8(2)6-14-4-5-15-7-9(11)10(12)13-3/h8-9H,4-7H2,1-3H3. The van der Waals surface area contributed by atoms with Crippen LogP contribution >= 0.6 is 15.9 Å². The van der Waals surface area contributed by atoms with Crippen molar-refractivity contribution in [1.82, 2.24) is 0 Å². The van der Waals surface area contributed by atoms with Gasteiger partial charge in [0, 0.05) is 6.61 Å². The third-order valence-corrected chi connectivity index (χ3v) is 2.18. The minimum atomic E-state index is -0.396. The largest absolute Gasteiger partial charge is 0.468 e. The molecule has 0 radical (unpaired) electrons. The fourth-order valence-corrected chi connectivity index (χ4v) is 1.19. The summed E-state index contributed by atoms with van der Waals surface area (Å²) < 4.78 is 15.1. The van der Waals surface area contributed by atoms with E-state index in [4.69, 9.17) is 9.47 Å². The molecule has 0 rings (SSSR count). The molecule has 4 nitrogen and oxygen atoms in total. The summed E-state index contributed by atoms with van der Waals surface area (Å²) in [5.41, 5.74) is 0. The average Bonchev–Trinajstić information content (AvgIpc) is 2.21. The van der Waals surface area contributed by atoms with Gasteiger partial charge in [0.2, 0.25) is 0 Å². The topological polar surface area (TPSA) is 44.8 Å². The predicted octanol–water partition coefficient (Wildman–Crippen LogP) is 1.61. The van der Waals surface area contributed by atoms with E-state index in [0.29, 0.717) is 25.7 Å². The van der Waals surface area contributed by atoms with Gasteiger partial charge in [-0.3, -0.25) is 4.79 Å². The van der Waals surface area contributed by atoms with Gasteiger partial charge in [0.15, 0.2) is 0 Å². The highest BCUT2D eigenvalue weighted by Gasteiger charge is 2.14. The van der Waals surface area contributed by atoms with Crippen molar-refractivity contribution < 1.29 is 19.0 Å². The molecule has 90 valence electrons. The van der Waals surface area contributed by atoms with Gasteiger partial charge in [-0.15, -0.1) is 0 Å². The van der Waals surface area contributed by atoms with Crippen LogP contribution in [0.25, 0.3) is 0 Å². The Morgan fingerprint density at radius 1 is 1.20 bits per heavy atom. The van der Waals surface area contributed by atoms with Crippen molar-refractivity contribution in [3.05, 3.63) is 0 Å². The van der Waals surface area contributed by atoms with Crippen LogP contribution in [0.1, 0.15) is 13.8 Å². The van der Waals surface area contributed by atoms with Crippen molar-refractivity contribution in [3.8, 4) is 0 Å². The predicted molar refractivity (Wildman–Crippen MR) is 61.2 cm³/mol. The lowest BCUT2D eigenvalue weighted by Gasteiger charge is -2.09. The Kier molecular flexibility index (Phi) is 9.04. The van der Waals surface area contributed by atoms with Gasteiger partial charge in [0.25, 0.3) is 0 Å². The molecule has 0 aliphatic carbocycles. The van der Waals surface area contributed by atoms with E-state index in [1.165, 1.54) is 7.11 Å². The van der Waals surface area contributed by atoms with Gasteiger partial charge in [-0.1, -0.05) is 29.8 Å². The maximum Gasteiger partial charge on any atom is 0.321 e. The lowest BCUT2D eigenvalue weighted by atomic mass is 10.2. The number of ether oxygens (including phenoxy) is 3. The number of methoxy groups -OCH3 is 1. The first kappa shape index (κ1) is 14.9.